The van der Waals surface area contributed by atoms with Gasteiger partial charge in [0.1, 0.15) is 0 Å². The molecule has 0 aliphatic heterocycles. The standard InChI is InChI=1S/C19H19FO4/c1-3-15(13-7-5-4-6-8-13)18(19(21)22)14-9-10-17(16(20)11-14)24-12-23-2/h4-11H,3,12H2,1-2H3,(H,21,22). The molecular weight excluding hydrogens is 311 g/mol. The second-order valence-electron chi connectivity index (χ2n) is 5.07. The minimum Gasteiger partial charge on any atom is -0.478 e. The monoisotopic (exact) mass is 330 g/mol. The van der Waals surface area contributed by atoms with Crippen LogP contribution in [0.2, 0.25) is 0 Å². The SMILES string of the molecule is CCC(=C(C(=O)O)c1ccc(OCOC)c(F)c1)c1ccccc1. The van der Waals surface area contributed by atoms with Crippen LogP contribution >= 0.6 is 0 Å². The van der Waals surface area contributed by atoms with Crippen LogP contribution in [0.25, 0.3) is 11.1 Å². The molecule has 24 heavy (non-hydrogen) atoms. The van der Waals surface area contributed by atoms with E-state index in [1.807, 2.05) is 37.3 Å². The highest BCUT2D eigenvalue weighted by Gasteiger charge is 2.19. The van der Waals surface area contributed by atoms with Crippen LogP contribution < -0.4 is 4.74 Å². The molecule has 0 radical (unpaired) electrons. The van der Waals surface area contributed by atoms with Gasteiger partial charge in [-0.2, -0.15) is 0 Å². The zero-order chi connectivity index (χ0) is 17.5. The second kappa shape index (κ2) is 8.26. The maximum absolute atomic E-state index is 14.2. The molecule has 1 N–H and O–H groups in total. The fraction of sp³-hybridized carbons (Fsp3) is 0.211. The van der Waals surface area contributed by atoms with Crippen molar-refractivity contribution in [3.8, 4) is 5.75 Å². The summed E-state index contributed by atoms with van der Waals surface area (Å²) in [6.07, 6.45) is 0.509. The lowest BCUT2D eigenvalue weighted by Gasteiger charge is -2.13. The van der Waals surface area contributed by atoms with Crippen LogP contribution in [-0.4, -0.2) is 25.0 Å². The van der Waals surface area contributed by atoms with Crippen molar-refractivity contribution in [2.75, 3.05) is 13.9 Å². The Kier molecular flexibility index (Phi) is 6.09. The van der Waals surface area contributed by atoms with Gasteiger partial charge in [0.15, 0.2) is 18.4 Å². The molecule has 0 heterocycles. The number of ether oxygens (including phenoxy) is 2. The lowest BCUT2D eigenvalue weighted by atomic mass is 9.93. The van der Waals surface area contributed by atoms with Crippen LogP contribution in [0.4, 0.5) is 4.39 Å². The molecule has 0 bridgehead atoms. The van der Waals surface area contributed by atoms with Gasteiger partial charge in [0, 0.05) is 7.11 Å². The predicted octanol–water partition coefficient (Wildman–Crippen LogP) is 4.21. The van der Waals surface area contributed by atoms with E-state index in [1.54, 1.807) is 0 Å². The molecule has 0 aliphatic rings. The number of carbonyl (C=O) groups is 1. The molecule has 0 atom stereocenters. The van der Waals surface area contributed by atoms with E-state index in [9.17, 15) is 14.3 Å². The van der Waals surface area contributed by atoms with E-state index in [0.717, 1.165) is 5.56 Å². The minimum atomic E-state index is -1.10. The third-order valence-corrected chi connectivity index (χ3v) is 3.54. The maximum atomic E-state index is 14.2. The van der Waals surface area contributed by atoms with Gasteiger partial charge in [0.2, 0.25) is 0 Å². The Balaban J connectivity index is 2.53. The molecule has 0 spiro atoms. The number of halogens is 1. The van der Waals surface area contributed by atoms with E-state index < -0.39 is 11.8 Å². The molecule has 2 aromatic carbocycles. The van der Waals surface area contributed by atoms with Crippen molar-refractivity contribution in [3.05, 3.63) is 65.5 Å². The number of benzene rings is 2. The summed E-state index contributed by atoms with van der Waals surface area (Å²) < 4.78 is 24.0. The fourth-order valence-electron chi connectivity index (χ4n) is 2.49. The molecule has 4 nitrogen and oxygen atoms in total. The van der Waals surface area contributed by atoms with E-state index >= 15 is 0 Å². The summed E-state index contributed by atoms with van der Waals surface area (Å²) in [4.78, 5) is 11.8. The lowest BCUT2D eigenvalue weighted by molar-refractivity contribution is -0.130. The number of hydrogen-bond acceptors (Lipinski definition) is 3. The van der Waals surface area contributed by atoms with Gasteiger partial charge in [-0.3, -0.25) is 0 Å². The number of methoxy groups -OCH3 is 1. The molecule has 0 amide bonds. The fourth-order valence-corrected chi connectivity index (χ4v) is 2.49. The number of allylic oxidation sites excluding steroid dienone is 1. The van der Waals surface area contributed by atoms with Gasteiger partial charge < -0.3 is 14.6 Å². The number of carboxylic acids is 1. The Labute approximate surface area is 140 Å². The first kappa shape index (κ1) is 17.7. The van der Waals surface area contributed by atoms with Gasteiger partial charge in [-0.15, -0.1) is 0 Å². The van der Waals surface area contributed by atoms with Crippen LogP contribution in [0.3, 0.4) is 0 Å². The Morgan fingerprint density at radius 2 is 1.83 bits per heavy atom. The first-order valence-corrected chi connectivity index (χ1v) is 7.52. The number of rotatable bonds is 7. The molecule has 2 aromatic rings. The Hall–Kier alpha value is -2.66. The molecule has 2 rings (SSSR count). The van der Waals surface area contributed by atoms with Crippen molar-refractivity contribution in [2.45, 2.75) is 13.3 Å². The minimum absolute atomic E-state index is 0.0168. The van der Waals surface area contributed by atoms with Crippen molar-refractivity contribution in [1.29, 1.82) is 0 Å². The summed E-state index contributed by atoms with van der Waals surface area (Å²) in [6.45, 7) is 1.79. The molecule has 0 saturated carbocycles. The van der Waals surface area contributed by atoms with Gasteiger partial charge in [0.25, 0.3) is 0 Å². The van der Waals surface area contributed by atoms with E-state index in [-0.39, 0.29) is 18.1 Å². The van der Waals surface area contributed by atoms with Crippen molar-refractivity contribution in [1.82, 2.24) is 0 Å². The molecule has 5 heteroatoms. The van der Waals surface area contributed by atoms with Crippen LogP contribution in [-0.2, 0) is 9.53 Å². The Bertz CT molecular complexity index is 738. The summed E-state index contributed by atoms with van der Waals surface area (Å²) in [6, 6.07) is 13.3. The Morgan fingerprint density at radius 3 is 2.38 bits per heavy atom. The second-order valence-corrected chi connectivity index (χ2v) is 5.07. The average Bonchev–Trinajstić information content (AvgIpc) is 2.59. The van der Waals surface area contributed by atoms with Gasteiger partial charge in [-0.25, -0.2) is 9.18 Å². The van der Waals surface area contributed by atoms with Crippen LogP contribution in [0.5, 0.6) is 5.75 Å². The topological polar surface area (TPSA) is 55.8 Å². The van der Waals surface area contributed by atoms with Crippen molar-refractivity contribution in [2.24, 2.45) is 0 Å². The van der Waals surface area contributed by atoms with Crippen molar-refractivity contribution in [3.63, 3.8) is 0 Å². The van der Waals surface area contributed by atoms with Crippen LogP contribution in [0.1, 0.15) is 24.5 Å². The molecular formula is C19H19FO4. The average molecular weight is 330 g/mol. The molecule has 0 saturated heterocycles. The third-order valence-electron chi connectivity index (χ3n) is 3.54. The summed E-state index contributed by atoms with van der Waals surface area (Å²) in [5.41, 5.74) is 1.83. The smallest absolute Gasteiger partial charge is 0.336 e. The summed E-state index contributed by atoms with van der Waals surface area (Å²) in [7, 11) is 1.44. The highest BCUT2D eigenvalue weighted by Crippen LogP contribution is 2.31. The highest BCUT2D eigenvalue weighted by molar-refractivity contribution is 6.23. The van der Waals surface area contributed by atoms with Crippen LogP contribution in [0, 0.1) is 5.82 Å². The largest absolute Gasteiger partial charge is 0.478 e. The zero-order valence-corrected chi connectivity index (χ0v) is 13.6. The lowest BCUT2D eigenvalue weighted by Crippen LogP contribution is -2.05. The zero-order valence-electron chi connectivity index (χ0n) is 13.6. The third kappa shape index (κ3) is 4.00. The van der Waals surface area contributed by atoms with Gasteiger partial charge in [-0.1, -0.05) is 43.3 Å². The summed E-state index contributed by atoms with van der Waals surface area (Å²) in [5, 5.41) is 9.66. The van der Waals surface area contributed by atoms with E-state index in [1.165, 1.54) is 25.3 Å². The van der Waals surface area contributed by atoms with Gasteiger partial charge in [-0.05, 0) is 35.3 Å². The molecule has 0 unspecified atom stereocenters. The summed E-state index contributed by atoms with van der Waals surface area (Å²) >= 11 is 0. The first-order chi connectivity index (χ1) is 11.6. The summed E-state index contributed by atoms with van der Waals surface area (Å²) in [5.74, 6) is -1.71. The predicted molar refractivity (Wildman–Crippen MR) is 90.1 cm³/mol. The van der Waals surface area contributed by atoms with Gasteiger partial charge >= 0.3 is 5.97 Å². The Morgan fingerprint density at radius 1 is 1.12 bits per heavy atom. The molecule has 0 aromatic heterocycles. The highest BCUT2D eigenvalue weighted by atomic mass is 19.1. The number of aliphatic carboxylic acids is 1. The molecule has 126 valence electrons. The van der Waals surface area contributed by atoms with E-state index in [4.69, 9.17) is 9.47 Å². The molecule has 0 fully saturated rings. The number of carboxylic acid groups (broad SMARTS) is 1. The molecule has 0 aliphatic carbocycles. The first-order valence-electron chi connectivity index (χ1n) is 7.52. The van der Waals surface area contributed by atoms with Crippen molar-refractivity contribution >= 4 is 17.1 Å². The van der Waals surface area contributed by atoms with Crippen LogP contribution in [0.15, 0.2) is 48.5 Å². The van der Waals surface area contributed by atoms with Crippen molar-refractivity contribution < 1.29 is 23.8 Å². The quantitative estimate of drug-likeness (QED) is 0.469. The van der Waals surface area contributed by atoms with E-state index in [2.05, 4.69) is 0 Å². The number of hydrogen-bond donors (Lipinski definition) is 1. The van der Waals surface area contributed by atoms with E-state index in [0.29, 0.717) is 17.6 Å². The normalized spacial score (nSPS) is 11.8. The maximum Gasteiger partial charge on any atom is 0.336 e. The van der Waals surface area contributed by atoms with Gasteiger partial charge in [0.05, 0.1) is 5.57 Å².